The SMILES string of the molecule is CC(C)(C)OC(=O)N1CC(NCc2ccccc2)=C(C(=N)N)C1. The maximum Gasteiger partial charge on any atom is 0.410 e. The highest BCUT2D eigenvalue weighted by Crippen LogP contribution is 2.19. The van der Waals surface area contributed by atoms with Crippen molar-refractivity contribution in [1.29, 1.82) is 5.41 Å². The highest BCUT2D eigenvalue weighted by atomic mass is 16.6. The third kappa shape index (κ3) is 4.74. The van der Waals surface area contributed by atoms with Crippen molar-refractivity contribution in [3.63, 3.8) is 0 Å². The van der Waals surface area contributed by atoms with E-state index in [-0.39, 0.29) is 5.84 Å². The predicted octanol–water partition coefficient (Wildman–Crippen LogP) is 2.22. The third-order valence-corrected chi connectivity index (χ3v) is 3.39. The molecular formula is C17H24N4O2. The molecule has 0 aliphatic carbocycles. The van der Waals surface area contributed by atoms with Crippen LogP contribution < -0.4 is 11.1 Å². The van der Waals surface area contributed by atoms with Gasteiger partial charge in [0.25, 0.3) is 0 Å². The Morgan fingerprint density at radius 2 is 1.96 bits per heavy atom. The first-order chi connectivity index (χ1) is 10.8. The number of amidine groups is 1. The molecule has 0 aromatic heterocycles. The fourth-order valence-corrected chi connectivity index (χ4v) is 2.30. The summed E-state index contributed by atoms with van der Waals surface area (Å²) in [6.45, 7) is 6.77. The molecule has 0 spiro atoms. The Hall–Kier alpha value is -2.50. The van der Waals surface area contributed by atoms with Gasteiger partial charge in [-0.05, 0) is 26.3 Å². The number of rotatable bonds is 4. The van der Waals surface area contributed by atoms with E-state index in [1.165, 1.54) is 0 Å². The van der Waals surface area contributed by atoms with Gasteiger partial charge in [-0.1, -0.05) is 30.3 Å². The average molecular weight is 316 g/mol. The van der Waals surface area contributed by atoms with Gasteiger partial charge >= 0.3 is 6.09 Å². The number of hydrogen-bond acceptors (Lipinski definition) is 4. The molecule has 1 aromatic carbocycles. The van der Waals surface area contributed by atoms with Gasteiger partial charge in [-0.15, -0.1) is 0 Å². The standard InChI is InChI=1S/C17H24N4O2/c1-17(2,3)23-16(22)21-10-13(15(18)19)14(11-21)20-9-12-7-5-4-6-8-12/h4-8,20H,9-11H2,1-3H3,(H3,18,19). The van der Waals surface area contributed by atoms with Crippen molar-refractivity contribution in [2.45, 2.75) is 32.9 Å². The van der Waals surface area contributed by atoms with Crippen LogP contribution in [0.4, 0.5) is 4.79 Å². The molecule has 0 saturated heterocycles. The number of benzene rings is 1. The van der Waals surface area contributed by atoms with Crippen LogP contribution in [0, 0.1) is 5.41 Å². The second-order valence-corrected chi connectivity index (χ2v) is 6.55. The lowest BCUT2D eigenvalue weighted by Gasteiger charge is -2.24. The summed E-state index contributed by atoms with van der Waals surface area (Å²) in [5.74, 6) is -0.0216. The maximum atomic E-state index is 12.2. The normalized spacial score (nSPS) is 14.8. The van der Waals surface area contributed by atoms with Gasteiger partial charge in [-0.2, -0.15) is 0 Å². The quantitative estimate of drug-likeness (QED) is 0.587. The van der Waals surface area contributed by atoms with E-state index in [9.17, 15) is 4.79 Å². The summed E-state index contributed by atoms with van der Waals surface area (Å²) in [5, 5.41) is 11.0. The smallest absolute Gasteiger partial charge is 0.410 e. The van der Waals surface area contributed by atoms with Gasteiger partial charge in [-0.25, -0.2) is 4.79 Å². The molecule has 0 unspecified atom stereocenters. The van der Waals surface area contributed by atoms with E-state index in [1.807, 2.05) is 51.1 Å². The molecule has 0 saturated carbocycles. The summed E-state index contributed by atoms with van der Waals surface area (Å²) < 4.78 is 5.38. The largest absolute Gasteiger partial charge is 0.444 e. The molecule has 0 radical (unpaired) electrons. The van der Waals surface area contributed by atoms with Crippen LogP contribution >= 0.6 is 0 Å². The van der Waals surface area contributed by atoms with E-state index >= 15 is 0 Å². The summed E-state index contributed by atoms with van der Waals surface area (Å²) >= 11 is 0. The monoisotopic (exact) mass is 316 g/mol. The van der Waals surface area contributed by atoms with E-state index in [2.05, 4.69) is 5.32 Å². The molecule has 124 valence electrons. The number of carbonyl (C=O) groups is 1. The van der Waals surface area contributed by atoms with Crippen LogP contribution in [0.3, 0.4) is 0 Å². The Morgan fingerprint density at radius 1 is 1.30 bits per heavy atom. The van der Waals surface area contributed by atoms with Crippen molar-refractivity contribution in [3.05, 3.63) is 47.2 Å². The molecule has 0 atom stereocenters. The summed E-state index contributed by atoms with van der Waals surface area (Å²) in [5.41, 5.74) is 7.67. The number of carbonyl (C=O) groups excluding carboxylic acids is 1. The molecule has 0 bridgehead atoms. The molecule has 1 aliphatic heterocycles. The minimum Gasteiger partial charge on any atom is -0.444 e. The van der Waals surface area contributed by atoms with Crippen molar-refractivity contribution < 1.29 is 9.53 Å². The first-order valence-electron chi connectivity index (χ1n) is 7.58. The summed E-state index contributed by atoms with van der Waals surface area (Å²) in [4.78, 5) is 13.7. The molecule has 1 amide bonds. The second-order valence-electron chi connectivity index (χ2n) is 6.55. The van der Waals surface area contributed by atoms with Gasteiger partial charge in [0.05, 0.1) is 13.1 Å². The Bertz CT molecular complexity index is 617. The Morgan fingerprint density at radius 3 is 2.52 bits per heavy atom. The highest BCUT2D eigenvalue weighted by molar-refractivity contribution is 5.97. The lowest BCUT2D eigenvalue weighted by atomic mass is 10.2. The highest BCUT2D eigenvalue weighted by Gasteiger charge is 2.30. The molecule has 1 aliphatic rings. The van der Waals surface area contributed by atoms with E-state index in [4.69, 9.17) is 15.9 Å². The first-order valence-corrected chi connectivity index (χ1v) is 7.58. The number of ether oxygens (including phenoxy) is 1. The molecule has 1 aromatic rings. The molecule has 2 rings (SSSR count). The number of amides is 1. The van der Waals surface area contributed by atoms with Gasteiger partial charge in [-0.3, -0.25) is 10.3 Å². The molecule has 6 nitrogen and oxygen atoms in total. The molecular weight excluding hydrogens is 292 g/mol. The van der Waals surface area contributed by atoms with Crippen LogP contribution in [0.15, 0.2) is 41.6 Å². The zero-order chi connectivity index (χ0) is 17.0. The Balaban J connectivity index is 2.03. The van der Waals surface area contributed by atoms with Crippen LogP contribution in [-0.2, 0) is 11.3 Å². The fourth-order valence-electron chi connectivity index (χ4n) is 2.30. The second kappa shape index (κ2) is 6.73. The summed E-state index contributed by atoms with van der Waals surface area (Å²) in [6.07, 6.45) is -0.396. The van der Waals surface area contributed by atoms with Gasteiger partial charge in [0.2, 0.25) is 0 Å². The van der Waals surface area contributed by atoms with Crippen LogP contribution in [0.25, 0.3) is 0 Å². The van der Waals surface area contributed by atoms with Gasteiger partial charge in [0, 0.05) is 17.8 Å². The minimum atomic E-state index is -0.548. The van der Waals surface area contributed by atoms with Crippen molar-refractivity contribution in [2.24, 2.45) is 5.73 Å². The van der Waals surface area contributed by atoms with E-state index in [1.54, 1.807) is 4.90 Å². The van der Waals surface area contributed by atoms with Crippen LogP contribution in [0.2, 0.25) is 0 Å². The van der Waals surface area contributed by atoms with Crippen molar-refractivity contribution in [3.8, 4) is 0 Å². The first kappa shape index (κ1) is 16.9. The number of nitrogens with zero attached hydrogens (tertiary/aromatic N) is 1. The summed E-state index contributed by atoms with van der Waals surface area (Å²) in [6, 6.07) is 9.94. The maximum absolute atomic E-state index is 12.2. The number of nitrogens with two attached hydrogens (primary N) is 1. The predicted molar refractivity (Wildman–Crippen MR) is 90.0 cm³/mol. The van der Waals surface area contributed by atoms with Gasteiger partial charge < -0.3 is 15.8 Å². The lowest BCUT2D eigenvalue weighted by molar-refractivity contribution is 0.0299. The molecule has 1 heterocycles. The third-order valence-electron chi connectivity index (χ3n) is 3.39. The Labute approximate surface area is 136 Å². The van der Waals surface area contributed by atoms with Crippen molar-refractivity contribution in [2.75, 3.05) is 13.1 Å². The van der Waals surface area contributed by atoms with Gasteiger partial charge in [0.1, 0.15) is 11.4 Å². The minimum absolute atomic E-state index is 0.0216. The van der Waals surface area contributed by atoms with E-state index < -0.39 is 11.7 Å². The lowest BCUT2D eigenvalue weighted by Crippen LogP contribution is -2.36. The molecule has 23 heavy (non-hydrogen) atoms. The molecule has 4 N–H and O–H groups in total. The number of nitrogens with one attached hydrogen (secondary N) is 2. The van der Waals surface area contributed by atoms with E-state index in [0.29, 0.717) is 25.2 Å². The number of hydrogen-bond donors (Lipinski definition) is 3. The van der Waals surface area contributed by atoms with Crippen LogP contribution in [0.1, 0.15) is 26.3 Å². The van der Waals surface area contributed by atoms with Gasteiger partial charge in [0.15, 0.2) is 0 Å². The zero-order valence-corrected chi connectivity index (χ0v) is 13.8. The Kier molecular flexibility index (Phi) is 4.93. The molecule has 6 heteroatoms. The average Bonchev–Trinajstić information content (AvgIpc) is 2.89. The topological polar surface area (TPSA) is 91.4 Å². The van der Waals surface area contributed by atoms with Crippen LogP contribution in [0.5, 0.6) is 0 Å². The van der Waals surface area contributed by atoms with Crippen molar-refractivity contribution in [1.82, 2.24) is 10.2 Å². The fraction of sp³-hybridized carbons (Fsp3) is 0.412. The van der Waals surface area contributed by atoms with Crippen molar-refractivity contribution >= 4 is 11.9 Å². The van der Waals surface area contributed by atoms with E-state index in [0.717, 1.165) is 11.3 Å². The van der Waals surface area contributed by atoms with Crippen LogP contribution in [-0.4, -0.2) is 35.5 Å². The zero-order valence-electron chi connectivity index (χ0n) is 13.8. The summed E-state index contributed by atoms with van der Waals surface area (Å²) in [7, 11) is 0. The molecule has 0 fully saturated rings.